The zero-order valence-electron chi connectivity index (χ0n) is 13.5. The Balaban J connectivity index is 1.40. The van der Waals surface area contributed by atoms with Crippen LogP contribution in [0.25, 0.3) is 28.0 Å². The number of nitrogens with one attached hydrogen (secondary N) is 3. The van der Waals surface area contributed by atoms with Gasteiger partial charge in [0.1, 0.15) is 5.65 Å². The van der Waals surface area contributed by atoms with E-state index < -0.39 is 0 Å². The van der Waals surface area contributed by atoms with Crippen LogP contribution in [-0.2, 0) is 9.53 Å². The molecule has 0 amide bonds. The van der Waals surface area contributed by atoms with Crippen LogP contribution in [0.1, 0.15) is 5.56 Å². The summed E-state index contributed by atoms with van der Waals surface area (Å²) in [5.41, 5.74) is 3.38. The molecule has 5 rings (SSSR count). The Kier molecular flexibility index (Phi) is 3.11. The predicted molar refractivity (Wildman–Crippen MR) is 98.0 cm³/mol. The van der Waals surface area contributed by atoms with Gasteiger partial charge in [0, 0.05) is 34.4 Å². The fourth-order valence-corrected chi connectivity index (χ4v) is 2.95. The Morgan fingerprint density at radius 2 is 2.19 bits per heavy atom. The van der Waals surface area contributed by atoms with Crippen molar-refractivity contribution in [3.05, 3.63) is 72.2 Å². The van der Waals surface area contributed by atoms with Crippen molar-refractivity contribution in [1.82, 2.24) is 20.2 Å². The fraction of sp³-hybridized carbons (Fsp3) is 0. The molecule has 0 unspecified atom stereocenters. The second kappa shape index (κ2) is 5.59. The van der Waals surface area contributed by atoms with E-state index in [0.717, 1.165) is 33.2 Å². The smallest absolute Gasteiger partial charge is 0.226 e. The Labute approximate surface area is 147 Å². The van der Waals surface area contributed by atoms with Crippen molar-refractivity contribution in [2.45, 2.75) is 0 Å². The molecule has 1 aromatic carbocycles. The van der Waals surface area contributed by atoms with E-state index in [9.17, 15) is 4.79 Å². The summed E-state index contributed by atoms with van der Waals surface area (Å²) in [6.45, 7) is 0. The average molecular weight is 343 g/mol. The van der Waals surface area contributed by atoms with Gasteiger partial charge in [0.15, 0.2) is 5.76 Å². The molecule has 7 heteroatoms. The molecular weight excluding hydrogens is 330 g/mol. The molecule has 26 heavy (non-hydrogen) atoms. The number of pyridine rings is 1. The van der Waals surface area contributed by atoms with E-state index in [1.54, 1.807) is 24.7 Å². The molecule has 4 heterocycles. The van der Waals surface area contributed by atoms with Gasteiger partial charge in [-0.15, -0.1) is 0 Å². The molecule has 4 aromatic rings. The summed E-state index contributed by atoms with van der Waals surface area (Å²) in [5, 5.41) is 11.9. The molecule has 0 bridgehead atoms. The summed E-state index contributed by atoms with van der Waals surface area (Å²) in [6, 6.07) is 9.53. The van der Waals surface area contributed by atoms with Crippen molar-refractivity contribution < 1.29 is 9.53 Å². The number of carbonyl (C=O) groups excluding carboxylic acids is 1. The van der Waals surface area contributed by atoms with Crippen LogP contribution in [0, 0.1) is 0 Å². The highest BCUT2D eigenvalue weighted by atomic mass is 16.5. The molecule has 0 fully saturated rings. The minimum atomic E-state index is -0.185. The van der Waals surface area contributed by atoms with Crippen LogP contribution in [0.15, 0.2) is 66.6 Å². The second-order valence-corrected chi connectivity index (χ2v) is 5.92. The monoisotopic (exact) mass is 343 g/mol. The van der Waals surface area contributed by atoms with Gasteiger partial charge in [0.2, 0.25) is 11.7 Å². The summed E-state index contributed by atoms with van der Waals surface area (Å²) in [6.07, 6.45) is 8.42. The maximum atomic E-state index is 12.3. The van der Waals surface area contributed by atoms with Crippen molar-refractivity contribution >= 4 is 39.5 Å². The van der Waals surface area contributed by atoms with Gasteiger partial charge >= 0.3 is 0 Å². The van der Waals surface area contributed by atoms with Gasteiger partial charge in [-0.3, -0.25) is 9.89 Å². The van der Waals surface area contributed by atoms with Crippen LogP contribution >= 0.6 is 0 Å². The van der Waals surface area contributed by atoms with Crippen LogP contribution in [0.2, 0.25) is 0 Å². The first-order chi connectivity index (χ1) is 12.8. The lowest BCUT2D eigenvalue weighted by atomic mass is 10.2. The Bertz CT molecular complexity index is 1210. The number of hydrogen-bond donors (Lipinski definition) is 3. The number of anilines is 1. The first-order valence-corrected chi connectivity index (χ1v) is 8.04. The van der Waals surface area contributed by atoms with Gasteiger partial charge in [0.05, 0.1) is 17.8 Å². The van der Waals surface area contributed by atoms with E-state index in [1.165, 1.54) is 6.08 Å². The summed E-state index contributed by atoms with van der Waals surface area (Å²) in [4.78, 5) is 19.6. The number of allylic oxidation sites excluding steroid dienone is 1. The number of ether oxygens (including phenoxy) is 1. The van der Waals surface area contributed by atoms with Crippen molar-refractivity contribution in [2.24, 2.45) is 0 Å². The highest BCUT2D eigenvalue weighted by molar-refractivity contribution is 6.09. The van der Waals surface area contributed by atoms with Crippen molar-refractivity contribution in [1.29, 1.82) is 0 Å². The number of aromatic nitrogens is 4. The highest BCUT2D eigenvalue weighted by Gasteiger charge is 2.21. The number of H-pyrrole nitrogens is 2. The first-order valence-electron chi connectivity index (χ1n) is 8.04. The average Bonchev–Trinajstić information content (AvgIpc) is 3.35. The van der Waals surface area contributed by atoms with Gasteiger partial charge in [-0.25, -0.2) is 4.98 Å². The number of nitrogens with zero attached hydrogens (tertiary/aromatic N) is 2. The zero-order chi connectivity index (χ0) is 17.5. The van der Waals surface area contributed by atoms with E-state index in [1.807, 2.05) is 30.3 Å². The van der Waals surface area contributed by atoms with Crippen molar-refractivity contribution in [3.8, 4) is 0 Å². The SMILES string of the molecule is O=C1C=C(Nc2ccc3[nH]ncc3c2)O/C1=C/c1c[nH]c2ncccc12. The topological polar surface area (TPSA) is 95.7 Å². The standard InChI is InChI=1S/C19H13N5O2/c25-16-8-18(23-13-3-4-15-12(6-13)10-22-24-15)26-17(16)7-11-9-21-19-14(11)2-1-5-20-19/h1-10,23H,(H,20,21)(H,22,24)/b17-7+. The van der Waals surface area contributed by atoms with E-state index in [2.05, 4.69) is 25.5 Å². The Hall–Kier alpha value is -3.87. The molecule has 0 radical (unpaired) electrons. The van der Waals surface area contributed by atoms with E-state index in [4.69, 9.17) is 4.74 Å². The minimum absolute atomic E-state index is 0.185. The minimum Gasteiger partial charge on any atom is -0.437 e. The van der Waals surface area contributed by atoms with Crippen molar-refractivity contribution in [3.63, 3.8) is 0 Å². The van der Waals surface area contributed by atoms with Crippen LogP contribution < -0.4 is 5.32 Å². The van der Waals surface area contributed by atoms with Gasteiger partial charge in [-0.1, -0.05) is 0 Å². The lowest BCUT2D eigenvalue weighted by Crippen LogP contribution is -1.99. The normalized spacial score (nSPS) is 15.6. The largest absolute Gasteiger partial charge is 0.437 e. The predicted octanol–water partition coefficient (Wildman–Crippen LogP) is 3.33. The number of hydrogen-bond acceptors (Lipinski definition) is 5. The van der Waals surface area contributed by atoms with Gasteiger partial charge in [-0.05, 0) is 36.4 Å². The Morgan fingerprint density at radius 3 is 3.15 bits per heavy atom. The number of ketones is 1. The number of carbonyl (C=O) groups is 1. The lowest BCUT2D eigenvalue weighted by molar-refractivity contribution is -0.112. The molecule has 0 spiro atoms. The van der Waals surface area contributed by atoms with Crippen LogP contribution in [0.5, 0.6) is 0 Å². The quantitative estimate of drug-likeness (QED) is 0.496. The Morgan fingerprint density at radius 1 is 1.23 bits per heavy atom. The molecule has 1 aliphatic heterocycles. The zero-order valence-corrected chi connectivity index (χ0v) is 13.5. The number of benzene rings is 1. The van der Waals surface area contributed by atoms with Crippen LogP contribution in [-0.4, -0.2) is 25.9 Å². The molecule has 0 aliphatic carbocycles. The highest BCUT2D eigenvalue weighted by Crippen LogP contribution is 2.26. The first kappa shape index (κ1) is 14.5. The fourth-order valence-electron chi connectivity index (χ4n) is 2.95. The van der Waals surface area contributed by atoms with Crippen molar-refractivity contribution in [2.75, 3.05) is 5.32 Å². The summed E-state index contributed by atoms with van der Waals surface area (Å²) in [5.74, 6) is 0.471. The van der Waals surface area contributed by atoms with Gasteiger partial charge in [0.25, 0.3) is 0 Å². The molecule has 126 valence electrons. The lowest BCUT2D eigenvalue weighted by Gasteiger charge is -2.07. The molecular formula is C19H13N5O2. The second-order valence-electron chi connectivity index (χ2n) is 5.92. The van der Waals surface area contributed by atoms with Gasteiger partial charge in [-0.2, -0.15) is 5.10 Å². The molecule has 0 saturated carbocycles. The van der Waals surface area contributed by atoms with E-state index >= 15 is 0 Å². The molecule has 3 N–H and O–H groups in total. The van der Waals surface area contributed by atoms with Gasteiger partial charge < -0.3 is 15.0 Å². The van der Waals surface area contributed by atoms with E-state index in [-0.39, 0.29) is 11.5 Å². The van der Waals surface area contributed by atoms with E-state index in [0.29, 0.717) is 5.88 Å². The molecule has 7 nitrogen and oxygen atoms in total. The third-order valence-electron chi connectivity index (χ3n) is 4.20. The third-order valence-corrected chi connectivity index (χ3v) is 4.20. The number of rotatable bonds is 3. The molecule has 0 saturated heterocycles. The molecule has 0 atom stereocenters. The molecule has 1 aliphatic rings. The molecule has 3 aromatic heterocycles. The van der Waals surface area contributed by atoms with Crippen LogP contribution in [0.4, 0.5) is 5.69 Å². The third kappa shape index (κ3) is 2.42. The number of aromatic amines is 2. The summed E-state index contributed by atoms with van der Waals surface area (Å²) in [7, 11) is 0. The summed E-state index contributed by atoms with van der Waals surface area (Å²) < 4.78 is 5.70. The maximum absolute atomic E-state index is 12.3. The van der Waals surface area contributed by atoms with Crippen LogP contribution in [0.3, 0.4) is 0 Å². The maximum Gasteiger partial charge on any atom is 0.226 e. The number of fused-ring (bicyclic) bond motifs is 2. The summed E-state index contributed by atoms with van der Waals surface area (Å²) >= 11 is 0.